The van der Waals surface area contributed by atoms with E-state index in [1.54, 1.807) is 25.1 Å². The summed E-state index contributed by atoms with van der Waals surface area (Å²) in [6.45, 7) is 1.87. The van der Waals surface area contributed by atoms with Gasteiger partial charge in [0.25, 0.3) is 0 Å². The zero-order valence-corrected chi connectivity index (χ0v) is 10.9. The van der Waals surface area contributed by atoms with Crippen LogP contribution in [0, 0.1) is 11.7 Å². The number of nitrogens with one attached hydrogen (secondary N) is 1. The van der Waals surface area contributed by atoms with Gasteiger partial charge in [-0.1, -0.05) is 25.1 Å². The Hall–Kier alpha value is -1.91. The van der Waals surface area contributed by atoms with Crippen molar-refractivity contribution in [2.75, 3.05) is 6.54 Å². The summed E-state index contributed by atoms with van der Waals surface area (Å²) in [5.74, 6) is -1.67. The molecular weight excluding hydrogens is 249 g/mol. The third-order valence-electron chi connectivity index (χ3n) is 2.89. The number of aryl methyl sites for hydroxylation is 1. The first kappa shape index (κ1) is 15.1. The molecule has 0 fully saturated rings. The van der Waals surface area contributed by atoms with Crippen LogP contribution in [0.5, 0.6) is 0 Å². The largest absolute Gasteiger partial charge is 0.481 e. The number of hydrogen-bond acceptors (Lipinski definition) is 2. The number of carboxylic acids is 1. The van der Waals surface area contributed by atoms with E-state index in [-0.39, 0.29) is 30.6 Å². The first-order valence-electron chi connectivity index (χ1n) is 6.23. The number of halogens is 1. The van der Waals surface area contributed by atoms with Crippen LogP contribution in [0.15, 0.2) is 24.3 Å². The molecule has 0 bridgehead atoms. The van der Waals surface area contributed by atoms with Crippen LogP contribution < -0.4 is 5.32 Å². The molecule has 0 radical (unpaired) electrons. The highest BCUT2D eigenvalue weighted by atomic mass is 19.1. The number of carbonyl (C=O) groups is 2. The van der Waals surface area contributed by atoms with Gasteiger partial charge in [-0.05, 0) is 24.5 Å². The van der Waals surface area contributed by atoms with Gasteiger partial charge in [-0.2, -0.15) is 0 Å². The minimum Gasteiger partial charge on any atom is -0.481 e. The molecule has 5 heteroatoms. The van der Waals surface area contributed by atoms with Gasteiger partial charge < -0.3 is 10.4 Å². The van der Waals surface area contributed by atoms with E-state index >= 15 is 0 Å². The predicted molar refractivity (Wildman–Crippen MR) is 69.1 cm³/mol. The molecule has 1 unspecified atom stereocenters. The van der Waals surface area contributed by atoms with Gasteiger partial charge in [-0.25, -0.2) is 4.39 Å². The third-order valence-corrected chi connectivity index (χ3v) is 2.89. The molecule has 0 aliphatic heterocycles. The minimum absolute atomic E-state index is 0.0915. The van der Waals surface area contributed by atoms with Crippen LogP contribution in [-0.4, -0.2) is 23.5 Å². The normalized spacial score (nSPS) is 11.9. The maximum atomic E-state index is 13.4. The monoisotopic (exact) mass is 267 g/mol. The van der Waals surface area contributed by atoms with Gasteiger partial charge in [0.2, 0.25) is 5.91 Å². The van der Waals surface area contributed by atoms with E-state index in [9.17, 15) is 14.0 Å². The summed E-state index contributed by atoms with van der Waals surface area (Å²) in [7, 11) is 0. The summed E-state index contributed by atoms with van der Waals surface area (Å²) >= 11 is 0. The number of carbonyl (C=O) groups excluding carboxylic acids is 1. The molecule has 1 atom stereocenters. The molecule has 19 heavy (non-hydrogen) atoms. The average Bonchev–Trinajstić information content (AvgIpc) is 2.36. The van der Waals surface area contributed by atoms with Crippen molar-refractivity contribution in [2.45, 2.75) is 26.2 Å². The fraction of sp³-hybridized carbons (Fsp3) is 0.429. The second-order valence-electron chi connectivity index (χ2n) is 4.47. The zero-order chi connectivity index (χ0) is 14.3. The molecule has 1 amide bonds. The molecule has 0 aliphatic carbocycles. The molecule has 104 valence electrons. The summed E-state index contributed by atoms with van der Waals surface area (Å²) in [5.41, 5.74) is 0.590. The van der Waals surface area contributed by atoms with Crippen LogP contribution in [-0.2, 0) is 16.0 Å². The topological polar surface area (TPSA) is 66.4 Å². The van der Waals surface area contributed by atoms with Crippen molar-refractivity contribution >= 4 is 11.9 Å². The number of amides is 1. The smallest absolute Gasteiger partial charge is 0.305 e. The fourth-order valence-corrected chi connectivity index (χ4v) is 1.67. The predicted octanol–water partition coefficient (Wildman–Crippen LogP) is 1.99. The van der Waals surface area contributed by atoms with Crippen LogP contribution >= 0.6 is 0 Å². The van der Waals surface area contributed by atoms with Crippen molar-refractivity contribution in [2.24, 2.45) is 5.92 Å². The van der Waals surface area contributed by atoms with E-state index in [1.807, 2.05) is 0 Å². The second kappa shape index (κ2) is 7.51. The number of carboxylic acid groups (broad SMARTS) is 1. The molecule has 1 aromatic rings. The molecule has 0 spiro atoms. The maximum absolute atomic E-state index is 13.4. The third kappa shape index (κ3) is 5.50. The summed E-state index contributed by atoms with van der Waals surface area (Å²) in [4.78, 5) is 21.9. The molecule has 2 N–H and O–H groups in total. The van der Waals surface area contributed by atoms with E-state index in [4.69, 9.17) is 5.11 Å². The van der Waals surface area contributed by atoms with Crippen LogP contribution in [0.2, 0.25) is 0 Å². The number of rotatable bonds is 7. The highest BCUT2D eigenvalue weighted by Crippen LogP contribution is 2.13. The molecule has 0 aliphatic rings. The average molecular weight is 267 g/mol. The van der Waals surface area contributed by atoms with Crippen molar-refractivity contribution in [1.82, 2.24) is 5.32 Å². The summed E-state index contributed by atoms with van der Waals surface area (Å²) in [6, 6.07) is 6.48. The quantitative estimate of drug-likeness (QED) is 0.794. The van der Waals surface area contributed by atoms with E-state index in [2.05, 4.69) is 5.32 Å². The lowest BCUT2D eigenvalue weighted by Gasteiger charge is -2.11. The number of hydrogen-bond donors (Lipinski definition) is 2. The molecule has 0 heterocycles. The Morgan fingerprint density at radius 3 is 2.68 bits per heavy atom. The zero-order valence-electron chi connectivity index (χ0n) is 10.9. The van der Waals surface area contributed by atoms with Crippen LogP contribution in [0.4, 0.5) is 4.39 Å². The van der Waals surface area contributed by atoms with Gasteiger partial charge in [-0.3, -0.25) is 9.59 Å². The molecule has 0 saturated heterocycles. The molecule has 1 aromatic carbocycles. The van der Waals surface area contributed by atoms with Crippen LogP contribution in [0.25, 0.3) is 0 Å². The SMILES string of the molecule is CC(CCc1ccccc1F)C(=O)NCCC(=O)O. The van der Waals surface area contributed by atoms with E-state index < -0.39 is 5.97 Å². The molecule has 0 saturated carbocycles. The highest BCUT2D eigenvalue weighted by Gasteiger charge is 2.13. The molecule has 4 nitrogen and oxygen atoms in total. The van der Waals surface area contributed by atoms with Crippen molar-refractivity contribution in [3.8, 4) is 0 Å². The lowest BCUT2D eigenvalue weighted by molar-refractivity contribution is -0.137. The number of benzene rings is 1. The first-order chi connectivity index (χ1) is 9.00. The summed E-state index contributed by atoms with van der Waals surface area (Å²) in [6.07, 6.45) is 0.922. The second-order valence-corrected chi connectivity index (χ2v) is 4.47. The Kier molecular flexibility index (Phi) is 5.99. The Labute approximate surface area is 111 Å². The van der Waals surface area contributed by atoms with Gasteiger partial charge in [-0.15, -0.1) is 0 Å². The Bertz CT molecular complexity index is 448. The first-order valence-corrected chi connectivity index (χ1v) is 6.23. The van der Waals surface area contributed by atoms with Gasteiger partial charge in [0.15, 0.2) is 0 Å². The number of aliphatic carboxylic acids is 1. The van der Waals surface area contributed by atoms with Crippen LogP contribution in [0.3, 0.4) is 0 Å². The van der Waals surface area contributed by atoms with Gasteiger partial charge in [0.05, 0.1) is 6.42 Å². The van der Waals surface area contributed by atoms with E-state index in [0.29, 0.717) is 18.4 Å². The Balaban J connectivity index is 2.34. The van der Waals surface area contributed by atoms with Crippen LogP contribution in [0.1, 0.15) is 25.3 Å². The lowest BCUT2D eigenvalue weighted by Crippen LogP contribution is -2.31. The molecule has 1 rings (SSSR count). The van der Waals surface area contributed by atoms with E-state index in [1.165, 1.54) is 6.07 Å². The lowest BCUT2D eigenvalue weighted by atomic mass is 10.00. The van der Waals surface area contributed by atoms with Gasteiger partial charge >= 0.3 is 5.97 Å². The van der Waals surface area contributed by atoms with Crippen molar-refractivity contribution in [3.63, 3.8) is 0 Å². The highest BCUT2D eigenvalue weighted by molar-refractivity contribution is 5.78. The summed E-state index contributed by atoms with van der Waals surface area (Å²) in [5, 5.41) is 11.0. The molecule has 0 aromatic heterocycles. The summed E-state index contributed by atoms with van der Waals surface area (Å²) < 4.78 is 13.4. The standard InChI is InChI=1S/C14H18FNO3/c1-10(14(19)16-9-8-13(17)18)6-7-11-4-2-3-5-12(11)15/h2-5,10H,6-9H2,1H3,(H,16,19)(H,17,18). The van der Waals surface area contributed by atoms with Gasteiger partial charge in [0.1, 0.15) is 5.82 Å². The Morgan fingerprint density at radius 1 is 1.37 bits per heavy atom. The van der Waals surface area contributed by atoms with Crippen molar-refractivity contribution in [1.29, 1.82) is 0 Å². The maximum Gasteiger partial charge on any atom is 0.305 e. The minimum atomic E-state index is -0.945. The molecular formula is C14H18FNO3. The van der Waals surface area contributed by atoms with E-state index in [0.717, 1.165) is 0 Å². The van der Waals surface area contributed by atoms with Gasteiger partial charge in [0, 0.05) is 12.5 Å². The van der Waals surface area contributed by atoms with Crippen molar-refractivity contribution < 1.29 is 19.1 Å². The Morgan fingerprint density at radius 2 is 2.05 bits per heavy atom. The fourth-order valence-electron chi connectivity index (χ4n) is 1.67. The van der Waals surface area contributed by atoms with Crippen molar-refractivity contribution in [3.05, 3.63) is 35.6 Å².